The van der Waals surface area contributed by atoms with Crippen LogP contribution in [0.15, 0.2) is 24.3 Å². The minimum atomic E-state index is 0.620. The molecule has 0 aliphatic carbocycles. The van der Waals surface area contributed by atoms with Gasteiger partial charge in [-0.3, -0.25) is 0 Å². The number of anilines is 1. The predicted molar refractivity (Wildman–Crippen MR) is 71.8 cm³/mol. The highest BCUT2D eigenvalue weighted by Gasteiger charge is 2.08. The lowest BCUT2D eigenvalue weighted by molar-refractivity contribution is 1.06. The molecule has 1 aromatic carbocycles. The average molecular weight is 268 g/mol. The van der Waals surface area contributed by atoms with Gasteiger partial charge in [-0.1, -0.05) is 23.2 Å². The zero-order chi connectivity index (χ0) is 12.4. The fourth-order valence-electron chi connectivity index (χ4n) is 1.53. The number of benzene rings is 1. The molecule has 1 heterocycles. The Hall–Kier alpha value is -1.32. The van der Waals surface area contributed by atoms with Crippen LogP contribution in [0.4, 0.5) is 5.82 Å². The van der Waals surface area contributed by atoms with Crippen LogP contribution in [0.2, 0.25) is 10.0 Å². The molecule has 0 saturated carbocycles. The van der Waals surface area contributed by atoms with Crippen molar-refractivity contribution in [2.75, 3.05) is 12.4 Å². The van der Waals surface area contributed by atoms with E-state index in [2.05, 4.69) is 15.3 Å². The Morgan fingerprint density at radius 2 is 1.88 bits per heavy atom. The second kappa shape index (κ2) is 4.90. The van der Waals surface area contributed by atoms with Crippen molar-refractivity contribution in [3.8, 4) is 11.3 Å². The Kier molecular flexibility index (Phi) is 3.50. The number of aryl methyl sites for hydroxylation is 1. The summed E-state index contributed by atoms with van der Waals surface area (Å²) in [6.45, 7) is 1.84. The highest BCUT2D eigenvalue weighted by atomic mass is 35.5. The van der Waals surface area contributed by atoms with E-state index in [4.69, 9.17) is 23.2 Å². The summed E-state index contributed by atoms with van der Waals surface area (Å²) in [5, 5.41) is 4.24. The quantitative estimate of drug-likeness (QED) is 0.900. The van der Waals surface area contributed by atoms with E-state index >= 15 is 0 Å². The topological polar surface area (TPSA) is 37.8 Å². The van der Waals surface area contributed by atoms with E-state index in [1.54, 1.807) is 18.2 Å². The number of halogens is 2. The molecule has 0 atom stereocenters. The van der Waals surface area contributed by atoms with E-state index < -0.39 is 0 Å². The normalized spacial score (nSPS) is 10.4. The molecular weight excluding hydrogens is 257 g/mol. The van der Waals surface area contributed by atoms with Crippen LogP contribution in [-0.2, 0) is 0 Å². The molecule has 0 bridgehead atoms. The third-order valence-corrected chi connectivity index (χ3v) is 2.86. The summed E-state index contributed by atoms with van der Waals surface area (Å²) in [6, 6.07) is 7.14. The van der Waals surface area contributed by atoms with Crippen molar-refractivity contribution >= 4 is 29.0 Å². The van der Waals surface area contributed by atoms with Gasteiger partial charge in [0.2, 0.25) is 0 Å². The SMILES string of the molecule is CNc1cc(-c2cc(Cl)ccc2Cl)nc(C)n1. The first-order chi connectivity index (χ1) is 8.10. The van der Waals surface area contributed by atoms with Crippen LogP contribution in [0, 0.1) is 6.92 Å². The molecule has 1 aromatic heterocycles. The summed E-state index contributed by atoms with van der Waals surface area (Å²) in [5.74, 6) is 1.44. The van der Waals surface area contributed by atoms with Crippen molar-refractivity contribution in [2.24, 2.45) is 0 Å². The van der Waals surface area contributed by atoms with Gasteiger partial charge in [-0.2, -0.15) is 0 Å². The van der Waals surface area contributed by atoms with Crippen molar-refractivity contribution in [3.05, 3.63) is 40.1 Å². The van der Waals surface area contributed by atoms with Crippen molar-refractivity contribution in [2.45, 2.75) is 6.92 Å². The molecule has 0 amide bonds. The fraction of sp³-hybridized carbons (Fsp3) is 0.167. The maximum absolute atomic E-state index is 6.14. The molecule has 3 nitrogen and oxygen atoms in total. The average Bonchev–Trinajstić information content (AvgIpc) is 2.31. The van der Waals surface area contributed by atoms with Crippen molar-refractivity contribution in [1.82, 2.24) is 9.97 Å². The van der Waals surface area contributed by atoms with Gasteiger partial charge in [0.05, 0.1) is 10.7 Å². The Balaban J connectivity index is 2.59. The van der Waals surface area contributed by atoms with Gasteiger partial charge < -0.3 is 5.32 Å². The van der Waals surface area contributed by atoms with Crippen LogP contribution >= 0.6 is 23.2 Å². The molecule has 1 N–H and O–H groups in total. The Morgan fingerprint density at radius 3 is 2.59 bits per heavy atom. The second-order valence-corrected chi connectivity index (χ2v) is 4.40. The number of aromatic nitrogens is 2. The molecular formula is C12H11Cl2N3. The third-order valence-electron chi connectivity index (χ3n) is 2.30. The van der Waals surface area contributed by atoms with E-state index in [9.17, 15) is 0 Å². The Labute approximate surface area is 110 Å². The van der Waals surface area contributed by atoms with Crippen LogP contribution in [0.3, 0.4) is 0 Å². The molecule has 0 radical (unpaired) electrons. The largest absolute Gasteiger partial charge is 0.373 e. The van der Waals surface area contributed by atoms with E-state index in [0.29, 0.717) is 15.9 Å². The van der Waals surface area contributed by atoms with Crippen molar-refractivity contribution in [3.63, 3.8) is 0 Å². The first-order valence-corrected chi connectivity index (χ1v) is 5.84. The highest BCUT2D eigenvalue weighted by Crippen LogP contribution is 2.30. The molecule has 17 heavy (non-hydrogen) atoms. The maximum atomic E-state index is 6.14. The molecule has 0 aliphatic rings. The predicted octanol–water partition coefficient (Wildman–Crippen LogP) is 3.80. The standard InChI is InChI=1S/C12H11Cl2N3/c1-7-16-11(6-12(15-2)17-7)9-5-8(13)3-4-10(9)14/h3-6H,1-2H3,(H,15,16,17). The van der Waals surface area contributed by atoms with Gasteiger partial charge in [0.15, 0.2) is 0 Å². The van der Waals surface area contributed by atoms with Gasteiger partial charge in [-0.05, 0) is 25.1 Å². The summed E-state index contributed by atoms with van der Waals surface area (Å²) in [4.78, 5) is 8.59. The van der Waals surface area contributed by atoms with Gasteiger partial charge in [0.25, 0.3) is 0 Å². The minimum absolute atomic E-state index is 0.620. The van der Waals surface area contributed by atoms with Gasteiger partial charge in [0, 0.05) is 23.7 Å². The summed E-state index contributed by atoms with van der Waals surface area (Å²) in [5.41, 5.74) is 1.57. The van der Waals surface area contributed by atoms with Gasteiger partial charge in [-0.25, -0.2) is 9.97 Å². The number of nitrogens with one attached hydrogen (secondary N) is 1. The summed E-state index contributed by atoms with van der Waals surface area (Å²) >= 11 is 12.1. The van der Waals surface area contributed by atoms with Crippen LogP contribution in [-0.4, -0.2) is 17.0 Å². The monoisotopic (exact) mass is 267 g/mol. The fourth-order valence-corrected chi connectivity index (χ4v) is 1.91. The third kappa shape index (κ3) is 2.68. The molecule has 0 aliphatic heterocycles. The Bertz CT molecular complexity index is 555. The number of nitrogens with zero attached hydrogens (tertiary/aromatic N) is 2. The lowest BCUT2D eigenvalue weighted by atomic mass is 10.1. The minimum Gasteiger partial charge on any atom is -0.373 e. The van der Waals surface area contributed by atoms with Gasteiger partial charge in [-0.15, -0.1) is 0 Å². The van der Waals surface area contributed by atoms with E-state index in [0.717, 1.165) is 17.1 Å². The molecule has 88 valence electrons. The van der Waals surface area contributed by atoms with Crippen molar-refractivity contribution < 1.29 is 0 Å². The van der Waals surface area contributed by atoms with Crippen LogP contribution in [0.1, 0.15) is 5.82 Å². The smallest absolute Gasteiger partial charge is 0.130 e. The summed E-state index contributed by atoms with van der Waals surface area (Å²) in [6.07, 6.45) is 0. The second-order valence-electron chi connectivity index (χ2n) is 3.56. The number of hydrogen-bond donors (Lipinski definition) is 1. The molecule has 0 spiro atoms. The molecule has 0 saturated heterocycles. The molecule has 2 rings (SSSR count). The number of hydrogen-bond acceptors (Lipinski definition) is 3. The molecule has 0 fully saturated rings. The Morgan fingerprint density at radius 1 is 1.12 bits per heavy atom. The lowest BCUT2D eigenvalue weighted by Crippen LogP contribution is -1.98. The first-order valence-electron chi connectivity index (χ1n) is 5.09. The number of rotatable bonds is 2. The van der Waals surface area contributed by atoms with E-state index in [-0.39, 0.29) is 0 Å². The van der Waals surface area contributed by atoms with Crippen LogP contribution in [0.25, 0.3) is 11.3 Å². The zero-order valence-electron chi connectivity index (χ0n) is 9.46. The lowest BCUT2D eigenvalue weighted by Gasteiger charge is -2.07. The van der Waals surface area contributed by atoms with E-state index in [1.807, 2.05) is 20.0 Å². The zero-order valence-corrected chi connectivity index (χ0v) is 11.0. The highest BCUT2D eigenvalue weighted by molar-refractivity contribution is 6.35. The van der Waals surface area contributed by atoms with Crippen LogP contribution < -0.4 is 5.32 Å². The van der Waals surface area contributed by atoms with Crippen molar-refractivity contribution in [1.29, 1.82) is 0 Å². The van der Waals surface area contributed by atoms with Crippen LogP contribution in [0.5, 0.6) is 0 Å². The van der Waals surface area contributed by atoms with Gasteiger partial charge >= 0.3 is 0 Å². The molecule has 5 heteroatoms. The van der Waals surface area contributed by atoms with E-state index in [1.165, 1.54) is 0 Å². The molecule has 0 unspecified atom stereocenters. The summed E-state index contributed by atoms with van der Waals surface area (Å²) < 4.78 is 0. The van der Waals surface area contributed by atoms with Gasteiger partial charge in [0.1, 0.15) is 11.6 Å². The first kappa shape index (κ1) is 12.1. The maximum Gasteiger partial charge on any atom is 0.130 e. The molecule has 2 aromatic rings. The summed E-state index contributed by atoms with van der Waals surface area (Å²) in [7, 11) is 1.81.